The van der Waals surface area contributed by atoms with Crippen molar-refractivity contribution >= 4 is 0 Å². The Kier molecular flexibility index (Phi) is 3.89. The topological polar surface area (TPSA) is 39.1 Å². The second-order valence-corrected chi connectivity index (χ2v) is 6.04. The van der Waals surface area contributed by atoms with Crippen LogP contribution in [0.1, 0.15) is 42.6 Å². The molecule has 1 N–H and O–H groups in total. The lowest BCUT2D eigenvalue weighted by molar-refractivity contribution is 0.0599. The number of hydrogen-bond acceptors (Lipinski definition) is 3. The molecule has 1 aliphatic heterocycles. The van der Waals surface area contributed by atoms with E-state index in [1.807, 2.05) is 0 Å². The molecule has 2 aliphatic rings. The number of hydrogen-bond donors (Lipinski definition) is 1. The lowest BCUT2D eigenvalue weighted by Crippen LogP contribution is -2.21. The highest BCUT2D eigenvalue weighted by atomic mass is 16.5. The third-order valence-corrected chi connectivity index (χ3v) is 4.45. The Balaban J connectivity index is 1.65. The number of nitrogens with zero attached hydrogens (tertiary/aromatic N) is 2. The van der Waals surface area contributed by atoms with Gasteiger partial charge in [-0.1, -0.05) is 0 Å². The minimum Gasteiger partial charge on any atom is -0.381 e. The molecule has 0 aromatic carbocycles. The molecule has 2 heterocycles. The normalized spacial score (nSPS) is 20.9. The lowest BCUT2D eigenvalue weighted by Gasteiger charge is -2.22. The van der Waals surface area contributed by atoms with Crippen molar-refractivity contribution in [2.75, 3.05) is 13.2 Å². The SMILES string of the molecule is Cc1nn(CC2CCOCC2)c(C)c1CNC1CC1. The maximum absolute atomic E-state index is 5.43. The lowest BCUT2D eigenvalue weighted by atomic mass is 10.0. The van der Waals surface area contributed by atoms with Crippen molar-refractivity contribution in [1.82, 2.24) is 15.1 Å². The molecule has 0 radical (unpaired) electrons. The first-order chi connectivity index (χ1) is 9.24. The maximum Gasteiger partial charge on any atom is 0.0641 e. The zero-order valence-corrected chi connectivity index (χ0v) is 12.1. The first kappa shape index (κ1) is 13.1. The van der Waals surface area contributed by atoms with Crippen LogP contribution < -0.4 is 5.32 Å². The van der Waals surface area contributed by atoms with E-state index in [0.717, 1.165) is 38.3 Å². The van der Waals surface area contributed by atoms with Gasteiger partial charge in [-0.15, -0.1) is 0 Å². The van der Waals surface area contributed by atoms with Gasteiger partial charge in [-0.25, -0.2) is 0 Å². The zero-order chi connectivity index (χ0) is 13.2. The number of aromatic nitrogens is 2. The summed E-state index contributed by atoms with van der Waals surface area (Å²) in [6, 6.07) is 0.762. The van der Waals surface area contributed by atoms with Crippen LogP contribution in [0.25, 0.3) is 0 Å². The van der Waals surface area contributed by atoms with Crippen molar-refractivity contribution in [3.05, 3.63) is 17.0 Å². The van der Waals surface area contributed by atoms with E-state index < -0.39 is 0 Å². The summed E-state index contributed by atoms with van der Waals surface area (Å²) in [4.78, 5) is 0. The van der Waals surface area contributed by atoms with Gasteiger partial charge in [0.2, 0.25) is 0 Å². The highest BCUT2D eigenvalue weighted by molar-refractivity contribution is 5.24. The smallest absolute Gasteiger partial charge is 0.0641 e. The number of nitrogens with one attached hydrogen (secondary N) is 1. The van der Waals surface area contributed by atoms with E-state index in [1.54, 1.807) is 0 Å². The highest BCUT2D eigenvalue weighted by Gasteiger charge is 2.22. The molecule has 1 saturated carbocycles. The summed E-state index contributed by atoms with van der Waals surface area (Å²) < 4.78 is 7.65. The van der Waals surface area contributed by atoms with Gasteiger partial charge >= 0.3 is 0 Å². The maximum atomic E-state index is 5.43. The van der Waals surface area contributed by atoms with Gasteiger partial charge in [-0.05, 0) is 45.4 Å². The van der Waals surface area contributed by atoms with E-state index in [1.165, 1.54) is 42.6 Å². The van der Waals surface area contributed by atoms with Crippen molar-refractivity contribution in [3.8, 4) is 0 Å². The van der Waals surface area contributed by atoms with Crippen LogP contribution in [0.5, 0.6) is 0 Å². The largest absolute Gasteiger partial charge is 0.381 e. The van der Waals surface area contributed by atoms with Crippen LogP contribution >= 0.6 is 0 Å². The van der Waals surface area contributed by atoms with Gasteiger partial charge in [-0.3, -0.25) is 4.68 Å². The number of rotatable bonds is 5. The molecule has 1 saturated heterocycles. The Morgan fingerprint density at radius 3 is 2.63 bits per heavy atom. The Labute approximate surface area is 115 Å². The van der Waals surface area contributed by atoms with Crippen molar-refractivity contribution in [3.63, 3.8) is 0 Å². The molecule has 0 unspecified atom stereocenters. The van der Waals surface area contributed by atoms with Crippen LogP contribution in [0.4, 0.5) is 0 Å². The quantitative estimate of drug-likeness (QED) is 0.885. The highest BCUT2D eigenvalue weighted by Crippen LogP contribution is 2.22. The molecule has 4 heteroatoms. The molecule has 106 valence electrons. The van der Waals surface area contributed by atoms with Gasteiger partial charge in [0.1, 0.15) is 0 Å². The summed E-state index contributed by atoms with van der Waals surface area (Å²) in [5.74, 6) is 0.732. The van der Waals surface area contributed by atoms with Gasteiger partial charge < -0.3 is 10.1 Å². The molecule has 0 spiro atoms. The summed E-state index contributed by atoms with van der Waals surface area (Å²) >= 11 is 0. The van der Waals surface area contributed by atoms with Gasteiger partial charge in [0.05, 0.1) is 5.69 Å². The van der Waals surface area contributed by atoms with E-state index >= 15 is 0 Å². The third kappa shape index (κ3) is 3.18. The minimum atomic E-state index is 0.732. The van der Waals surface area contributed by atoms with E-state index in [-0.39, 0.29) is 0 Å². The Morgan fingerprint density at radius 1 is 1.21 bits per heavy atom. The van der Waals surface area contributed by atoms with Gasteiger partial charge in [-0.2, -0.15) is 5.10 Å². The molecule has 2 fully saturated rings. The molecular weight excluding hydrogens is 238 g/mol. The fourth-order valence-electron chi connectivity index (χ4n) is 2.87. The molecule has 4 nitrogen and oxygen atoms in total. The summed E-state index contributed by atoms with van der Waals surface area (Å²) in [7, 11) is 0. The molecule has 0 atom stereocenters. The van der Waals surface area contributed by atoms with Crippen molar-refractivity contribution < 1.29 is 4.74 Å². The predicted octanol–water partition coefficient (Wildman–Crippen LogP) is 2.18. The monoisotopic (exact) mass is 263 g/mol. The van der Waals surface area contributed by atoms with Crippen LogP contribution in [-0.2, 0) is 17.8 Å². The molecular formula is C15H25N3O. The number of ether oxygens (including phenoxy) is 1. The van der Waals surface area contributed by atoms with Gasteiger partial charge in [0, 0.05) is 43.6 Å². The summed E-state index contributed by atoms with van der Waals surface area (Å²) in [5, 5.41) is 8.34. The molecule has 3 rings (SSSR count). The first-order valence-corrected chi connectivity index (χ1v) is 7.58. The fourth-order valence-corrected chi connectivity index (χ4v) is 2.87. The molecule has 0 bridgehead atoms. The fraction of sp³-hybridized carbons (Fsp3) is 0.800. The molecule has 0 amide bonds. The van der Waals surface area contributed by atoms with Crippen LogP contribution in [-0.4, -0.2) is 29.0 Å². The summed E-state index contributed by atoms with van der Waals surface area (Å²) in [5.41, 5.74) is 3.94. The van der Waals surface area contributed by atoms with Crippen molar-refractivity contribution in [2.24, 2.45) is 5.92 Å². The van der Waals surface area contributed by atoms with Crippen molar-refractivity contribution in [1.29, 1.82) is 0 Å². The summed E-state index contributed by atoms with van der Waals surface area (Å²) in [6.07, 6.45) is 5.03. The Morgan fingerprint density at radius 2 is 1.95 bits per heavy atom. The van der Waals surface area contributed by atoms with Crippen LogP contribution in [0.3, 0.4) is 0 Å². The van der Waals surface area contributed by atoms with Crippen molar-refractivity contribution in [2.45, 2.75) is 58.7 Å². The van der Waals surface area contributed by atoms with Crippen LogP contribution in [0, 0.1) is 19.8 Å². The van der Waals surface area contributed by atoms with E-state index in [4.69, 9.17) is 9.84 Å². The molecule has 1 aromatic heterocycles. The van der Waals surface area contributed by atoms with Gasteiger partial charge in [0.15, 0.2) is 0 Å². The molecule has 1 aliphatic carbocycles. The third-order valence-electron chi connectivity index (χ3n) is 4.45. The first-order valence-electron chi connectivity index (χ1n) is 7.58. The number of aryl methyl sites for hydroxylation is 1. The predicted molar refractivity (Wildman–Crippen MR) is 75.1 cm³/mol. The van der Waals surface area contributed by atoms with E-state index in [2.05, 4.69) is 23.8 Å². The summed E-state index contributed by atoms with van der Waals surface area (Å²) in [6.45, 7) is 8.22. The van der Waals surface area contributed by atoms with E-state index in [9.17, 15) is 0 Å². The Bertz CT molecular complexity index is 431. The second kappa shape index (κ2) is 5.63. The standard InChI is InChI=1S/C15H25N3O/c1-11-15(9-16-14-3-4-14)12(2)18(17-11)10-13-5-7-19-8-6-13/h13-14,16H,3-10H2,1-2H3. The van der Waals surface area contributed by atoms with Crippen LogP contribution in [0.2, 0.25) is 0 Å². The molecule has 19 heavy (non-hydrogen) atoms. The molecule has 1 aromatic rings. The second-order valence-electron chi connectivity index (χ2n) is 6.04. The Hall–Kier alpha value is -0.870. The minimum absolute atomic E-state index is 0.732. The van der Waals surface area contributed by atoms with Gasteiger partial charge in [0.25, 0.3) is 0 Å². The average Bonchev–Trinajstić information content (AvgIpc) is 3.19. The zero-order valence-electron chi connectivity index (χ0n) is 12.1. The van der Waals surface area contributed by atoms with E-state index in [0.29, 0.717) is 0 Å². The average molecular weight is 263 g/mol. The van der Waals surface area contributed by atoms with Crippen LogP contribution in [0.15, 0.2) is 0 Å².